The zero-order valence-corrected chi connectivity index (χ0v) is 5.00. The molecule has 0 aliphatic rings. The molecule has 1 N–H and O–H groups in total. The van der Waals surface area contributed by atoms with Gasteiger partial charge in [-0.15, -0.1) is 0 Å². The van der Waals surface area contributed by atoms with Crippen molar-refractivity contribution in [1.29, 1.82) is 0 Å². The molecule has 0 radical (unpaired) electrons. The van der Waals surface area contributed by atoms with E-state index in [0.717, 1.165) is 0 Å². The van der Waals surface area contributed by atoms with Crippen molar-refractivity contribution in [3.8, 4) is 0 Å². The molecule has 0 fully saturated rings. The van der Waals surface area contributed by atoms with Crippen LogP contribution in [0.1, 0.15) is 0 Å². The summed E-state index contributed by atoms with van der Waals surface area (Å²) in [5.74, 6) is -0.464. The van der Waals surface area contributed by atoms with Crippen molar-refractivity contribution < 1.29 is 4.42 Å². The third-order valence-electron chi connectivity index (χ3n) is 1.20. The second-order valence-electron chi connectivity index (χ2n) is 1.87. The number of H-pyrrole nitrogens is 1. The Hall–Kier alpha value is -1.58. The maximum atomic E-state index is 10.5. The second kappa shape index (κ2) is 1.70. The van der Waals surface area contributed by atoms with Gasteiger partial charge in [-0.05, 0) is 12.1 Å². The minimum atomic E-state index is -0.464. The van der Waals surface area contributed by atoms with Crippen LogP contribution < -0.4 is 5.76 Å². The maximum absolute atomic E-state index is 10.5. The first kappa shape index (κ1) is 5.22. The Morgan fingerprint density at radius 1 is 1.60 bits per heavy atom. The Labute approximate surface area is 55.5 Å². The Bertz CT molecular complexity index is 365. The van der Waals surface area contributed by atoms with Crippen LogP contribution >= 0.6 is 0 Å². The van der Waals surface area contributed by atoms with E-state index in [1.165, 1.54) is 0 Å². The predicted molar refractivity (Wildman–Crippen MR) is 34.6 cm³/mol. The van der Waals surface area contributed by atoms with Gasteiger partial charge < -0.3 is 4.42 Å². The average molecular weight is 136 g/mol. The van der Waals surface area contributed by atoms with Crippen molar-refractivity contribution in [3.63, 3.8) is 0 Å². The van der Waals surface area contributed by atoms with Crippen molar-refractivity contribution in [2.45, 2.75) is 0 Å². The molecule has 2 aromatic rings. The number of pyridine rings is 1. The Morgan fingerprint density at radius 2 is 2.50 bits per heavy atom. The van der Waals surface area contributed by atoms with E-state index in [1.807, 2.05) is 0 Å². The fourth-order valence-electron chi connectivity index (χ4n) is 0.791. The molecule has 0 atom stereocenters. The molecule has 0 unspecified atom stereocenters. The molecule has 4 heteroatoms. The lowest BCUT2D eigenvalue weighted by atomic mass is 10.5. The number of hydrogen-bond donors (Lipinski definition) is 1. The van der Waals surface area contributed by atoms with Crippen molar-refractivity contribution in [1.82, 2.24) is 9.97 Å². The average Bonchev–Trinajstić information content (AvgIpc) is 2.27. The number of nitrogens with one attached hydrogen (secondary N) is 1. The molecule has 2 heterocycles. The van der Waals surface area contributed by atoms with Crippen LogP contribution in [-0.2, 0) is 0 Å². The molecule has 0 spiro atoms. The predicted octanol–water partition coefficient (Wildman–Crippen LogP) is 0.516. The summed E-state index contributed by atoms with van der Waals surface area (Å²) in [5, 5.41) is 0. The van der Waals surface area contributed by atoms with Crippen LogP contribution in [0.4, 0.5) is 0 Å². The summed E-state index contributed by atoms with van der Waals surface area (Å²) < 4.78 is 4.65. The number of aromatic amines is 1. The van der Waals surface area contributed by atoms with Gasteiger partial charge in [0.05, 0.1) is 0 Å². The summed E-state index contributed by atoms with van der Waals surface area (Å²) in [6, 6.07) is 3.46. The van der Waals surface area contributed by atoms with Crippen molar-refractivity contribution >= 4 is 11.2 Å². The number of aromatic nitrogens is 2. The molecule has 0 saturated heterocycles. The SMILES string of the molecule is O=c1[nH]c2cccnc2o1. The van der Waals surface area contributed by atoms with Gasteiger partial charge in [0.2, 0.25) is 5.71 Å². The minimum absolute atomic E-state index is 0.354. The van der Waals surface area contributed by atoms with E-state index in [1.54, 1.807) is 18.3 Å². The molecule has 0 aliphatic heterocycles. The first-order valence-corrected chi connectivity index (χ1v) is 2.80. The summed E-state index contributed by atoms with van der Waals surface area (Å²) in [6.45, 7) is 0. The minimum Gasteiger partial charge on any atom is -0.389 e. The van der Waals surface area contributed by atoms with Gasteiger partial charge in [-0.1, -0.05) is 0 Å². The highest BCUT2D eigenvalue weighted by Crippen LogP contribution is 2.02. The van der Waals surface area contributed by atoms with Crippen molar-refractivity contribution in [2.75, 3.05) is 0 Å². The summed E-state index contributed by atoms with van der Waals surface area (Å²) >= 11 is 0. The van der Waals surface area contributed by atoms with E-state index in [0.29, 0.717) is 11.2 Å². The number of hydrogen-bond acceptors (Lipinski definition) is 3. The van der Waals surface area contributed by atoms with Crippen LogP contribution in [0.5, 0.6) is 0 Å². The van der Waals surface area contributed by atoms with E-state index in [-0.39, 0.29) is 0 Å². The van der Waals surface area contributed by atoms with Crippen LogP contribution in [0, 0.1) is 0 Å². The first-order valence-electron chi connectivity index (χ1n) is 2.80. The Kier molecular flexibility index (Phi) is 0.887. The molecular weight excluding hydrogens is 132 g/mol. The topological polar surface area (TPSA) is 58.9 Å². The van der Waals surface area contributed by atoms with Crippen LogP contribution in [0.25, 0.3) is 11.2 Å². The third-order valence-corrected chi connectivity index (χ3v) is 1.20. The lowest BCUT2D eigenvalue weighted by Gasteiger charge is -1.79. The second-order valence-corrected chi connectivity index (χ2v) is 1.87. The first-order chi connectivity index (χ1) is 4.86. The smallest absolute Gasteiger partial charge is 0.389 e. The summed E-state index contributed by atoms with van der Waals surface area (Å²) in [7, 11) is 0. The molecule has 50 valence electrons. The number of oxazole rings is 1. The van der Waals surface area contributed by atoms with E-state index < -0.39 is 5.76 Å². The van der Waals surface area contributed by atoms with E-state index in [4.69, 9.17) is 0 Å². The van der Waals surface area contributed by atoms with Gasteiger partial charge in [-0.3, -0.25) is 4.98 Å². The summed E-state index contributed by atoms with van der Waals surface area (Å²) in [6.07, 6.45) is 1.57. The Morgan fingerprint density at radius 3 is 3.30 bits per heavy atom. The fourth-order valence-corrected chi connectivity index (χ4v) is 0.791. The highest BCUT2D eigenvalue weighted by Gasteiger charge is 1.97. The highest BCUT2D eigenvalue weighted by molar-refractivity contribution is 5.66. The van der Waals surface area contributed by atoms with Gasteiger partial charge >= 0.3 is 5.76 Å². The maximum Gasteiger partial charge on any atom is 0.418 e. The van der Waals surface area contributed by atoms with Gasteiger partial charge in [-0.25, -0.2) is 9.78 Å². The zero-order valence-electron chi connectivity index (χ0n) is 5.00. The summed E-state index contributed by atoms with van der Waals surface area (Å²) in [5.41, 5.74) is 0.986. The van der Waals surface area contributed by atoms with E-state index in [9.17, 15) is 4.79 Å². The molecule has 0 bridgehead atoms. The number of fused-ring (bicyclic) bond motifs is 1. The van der Waals surface area contributed by atoms with Crippen LogP contribution in [0.15, 0.2) is 27.5 Å². The Balaban J connectivity index is 3.01. The normalized spacial score (nSPS) is 10.4. The van der Waals surface area contributed by atoms with Crippen LogP contribution in [0.2, 0.25) is 0 Å². The van der Waals surface area contributed by atoms with E-state index in [2.05, 4.69) is 14.4 Å². The van der Waals surface area contributed by atoms with Gasteiger partial charge in [0.15, 0.2) is 0 Å². The third kappa shape index (κ3) is 0.621. The van der Waals surface area contributed by atoms with E-state index >= 15 is 0 Å². The number of nitrogens with zero attached hydrogens (tertiary/aromatic N) is 1. The van der Waals surface area contributed by atoms with Crippen molar-refractivity contribution in [3.05, 3.63) is 28.9 Å². The van der Waals surface area contributed by atoms with Crippen molar-refractivity contribution in [2.24, 2.45) is 0 Å². The van der Waals surface area contributed by atoms with Gasteiger partial charge in [0.1, 0.15) is 5.52 Å². The monoisotopic (exact) mass is 136 g/mol. The van der Waals surface area contributed by atoms with Gasteiger partial charge in [-0.2, -0.15) is 0 Å². The lowest BCUT2D eigenvalue weighted by molar-refractivity contribution is 0.545. The largest absolute Gasteiger partial charge is 0.418 e. The molecule has 10 heavy (non-hydrogen) atoms. The van der Waals surface area contributed by atoms with Gasteiger partial charge in [0.25, 0.3) is 0 Å². The standard InChI is InChI=1S/C6H4N2O2/c9-6-8-4-2-1-3-7-5(4)10-6/h1-3H,(H,8,9). The summed E-state index contributed by atoms with van der Waals surface area (Å²) in [4.78, 5) is 16.8. The quantitative estimate of drug-likeness (QED) is 0.574. The fraction of sp³-hybridized carbons (Fsp3) is 0. The molecule has 2 rings (SSSR count). The molecule has 0 amide bonds. The van der Waals surface area contributed by atoms with Crippen LogP contribution in [-0.4, -0.2) is 9.97 Å². The molecule has 0 aromatic carbocycles. The molecule has 0 saturated carbocycles. The van der Waals surface area contributed by atoms with Crippen LogP contribution in [0.3, 0.4) is 0 Å². The highest BCUT2D eigenvalue weighted by atomic mass is 16.4. The molecule has 2 aromatic heterocycles. The number of rotatable bonds is 0. The molecular formula is C6H4N2O2. The lowest BCUT2D eigenvalue weighted by Crippen LogP contribution is -1.92. The molecule has 4 nitrogen and oxygen atoms in total. The molecule has 0 aliphatic carbocycles. The van der Waals surface area contributed by atoms with Gasteiger partial charge in [0, 0.05) is 6.20 Å². The zero-order chi connectivity index (χ0) is 6.97.